The maximum absolute atomic E-state index is 12.9. The Kier molecular flexibility index (Phi) is 5.44. The lowest BCUT2D eigenvalue weighted by Crippen LogP contribution is -2.49. The van der Waals surface area contributed by atoms with Crippen molar-refractivity contribution >= 4 is 33.4 Å². The zero-order valence-electron chi connectivity index (χ0n) is 15.9. The fourth-order valence-electron chi connectivity index (χ4n) is 3.67. The van der Waals surface area contributed by atoms with Gasteiger partial charge in [0.1, 0.15) is 5.82 Å². The third kappa shape index (κ3) is 3.94. The summed E-state index contributed by atoms with van der Waals surface area (Å²) in [5.74, 6) is 1.65. The fraction of sp³-hybridized carbons (Fsp3) is 0.474. The predicted octanol–water partition coefficient (Wildman–Crippen LogP) is 2.55. The zero-order valence-corrected chi connectivity index (χ0v) is 17.5. The number of aryl methyl sites for hydroxylation is 1. The number of aromatic nitrogens is 2. The summed E-state index contributed by atoms with van der Waals surface area (Å²) < 4.78 is 27.2. The van der Waals surface area contributed by atoms with E-state index < -0.39 is 10.0 Å². The van der Waals surface area contributed by atoms with Crippen molar-refractivity contribution in [3.05, 3.63) is 41.0 Å². The highest BCUT2D eigenvalue weighted by molar-refractivity contribution is 7.89. The molecule has 0 amide bonds. The molecule has 2 fully saturated rings. The van der Waals surface area contributed by atoms with E-state index in [1.165, 1.54) is 17.1 Å². The molecule has 2 aliphatic rings. The topological polar surface area (TPSA) is 69.6 Å². The van der Waals surface area contributed by atoms with Crippen molar-refractivity contribution in [3.8, 4) is 0 Å². The SMILES string of the molecule is Cc1cc(N2CCN(S(=O)(=O)c3ccc(Cl)cc3)CC2)nc(N2CCCC2)n1. The summed E-state index contributed by atoms with van der Waals surface area (Å²) in [5, 5.41) is 0.525. The van der Waals surface area contributed by atoms with E-state index in [4.69, 9.17) is 16.6 Å². The number of sulfonamides is 1. The maximum atomic E-state index is 12.9. The second-order valence-electron chi connectivity index (χ2n) is 7.21. The normalized spacial score (nSPS) is 18.6. The average molecular weight is 422 g/mol. The molecule has 0 N–H and O–H groups in total. The molecule has 0 bridgehead atoms. The molecule has 3 heterocycles. The van der Waals surface area contributed by atoms with Crippen molar-refractivity contribution in [2.24, 2.45) is 0 Å². The average Bonchev–Trinajstić information content (AvgIpc) is 3.23. The summed E-state index contributed by atoms with van der Waals surface area (Å²) >= 11 is 5.88. The number of rotatable bonds is 4. The Balaban J connectivity index is 1.47. The van der Waals surface area contributed by atoms with Crippen molar-refractivity contribution in [1.82, 2.24) is 14.3 Å². The predicted molar refractivity (Wildman–Crippen MR) is 111 cm³/mol. The Labute approximate surface area is 171 Å². The van der Waals surface area contributed by atoms with E-state index in [0.717, 1.165) is 30.5 Å². The van der Waals surface area contributed by atoms with Gasteiger partial charge in [0.15, 0.2) is 0 Å². The van der Waals surface area contributed by atoms with Crippen LogP contribution in [0.2, 0.25) is 5.02 Å². The molecule has 1 aromatic carbocycles. The molecule has 0 unspecified atom stereocenters. The third-order valence-electron chi connectivity index (χ3n) is 5.23. The first-order valence-electron chi connectivity index (χ1n) is 9.55. The molecule has 0 radical (unpaired) electrons. The lowest BCUT2D eigenvalue weighted by molar-refractivity contribution is 0.383. The van der Waals surface area contributed by atoms with Crippen LogP contribution in [-0.2, 0) is 10.0 Å². The summed E-state index contributed by atoms with van der Waals surface area (Å²) in [5.41, 5.74) is 0.933. The largest absolute Gasteiger partial charge is 0.354 e. The van der Waals surface area contributed by atoms with Crippen molar-refractivity contribution in [3.63, 3.8) is 0 Å². The van der Waals surface area contributed by atoms with Crippen LogP contribution in [0, 0.1) is 6.92 Å². The highest BCUT2D eigenvalue weighted by atomic mass is 35.5. The van der Waals surface area contributed by atoms with Crippen LogP contribution < -0.4 is 9.80 Å². The Morgan fingerprint density at radius 3 is 2.18 bits per heavy atom. The van der Waals surface area contributed by atoms with Gasteiger partial charge in [-0.1, -0.05) is 11.6 Å². The van der Waals surface area contributed by atoms with Gasteiger partial charge in [-0.25, -0.2) is 13.4 Å². The molecular weight excluding hydrogens is 398 g/mol. The second kappa shape index (κ2) is 7.85. The van der Waals surface area contributed by atoms with Gasteiger partial charge in [0.25, 0.3) is 0 Å². The molecule has 2 aliphatic heterocycles. The molecule has 28 heavy (non-hydrogen) atoms. The first kappa shape index (κ1) is 19.4. The Morgan fingerprint density at radius 2 is 1.54 bits per heavy atom. The van der Waals surface area contributed by atoms with E-state index in [-0.39, 0.29) is 4.90 Å². The van der Waals surface area contributed by atoms with Crippen LogP contribution in [0.1, 0.15) is 18.5 Å². The van der Waals surface area contributed by atoms with Crippen LogP contribution in [0.4, 0.5) is 11.8 Å². The summed E-state index contributed by atoms with van der Waals surface area (Å²) in [6.07, 6.45) is 2.35. The number of nitrogens with zero attached hydrogens (tertiary/aromatic N) is 5. The lowest BCUT2D eigenvalue weighted by Gasteiger charge is -2.35. The standard InChI is InChI=1S/C19H24ClN5O2S/c1-15-14-18(22-19(21-15)24-8-2-3-9-24)23-10-12-25(13-11-23)28(26,27)17-6-4-16(20)5-7-17/h4-7,14H,2-3,8-13H2,1H3. The first-order chi connectivity index (χ1) is 13.4. The van der Waals surface area contributed by atoms with Gasteiger partial charge >= 0.3 is 0 Å². The van der Waals surface area contributed by atoms with Crippen LogP contribution >= 0.6 is 11.6 Å². The first-order valence-corrected chi connectivity index (χ1v) is 11.4. The van der Waals surface area contributed by atoms with E-state index in [2.05, 4.69) is 14.8 Å². The van der Waals surface area contributed by atoms with Gasteiger partial charge in [0, 0.05) is 56.1 Å². The Bertz CT molecular complexity index is 937. The maximum Gasteiger partial charge on any atom is 0.243 e. The number of hydrogen-bond acceptors (Lipinski definition) is 6. The zero-order chi connectivity index (χ0) is 19.7. The molecule has 4 rings (SSSR count). The second-order valence-corrected chi connectivity index (χ2v) is 9.58. The summed E-state index contributed by atoms with van der Waals surface area (Å²) in [6.45, 7) is 6.02. The lowest BCUT2D eigenvalue weighted by atomic mass is 10.3. The van der Waals surface area contributed by atoms with Gasteiger partial charge < -0.3 is 9.80 Å². The number of anilines is 2. The highest BCUT2D eigenvalue weighted by Crippen LogP contribution is 2.24. The van der Waals surface area contributed by atoms with Gasteiger partial charge in [-0.15, -0.1) is 0 Å². The van der Waals surface area contributed by atoms with Crippen LogP contribution in [0.5, 0.6) is 0 Å². The van der Waals surface area contributed by atoms with E-state index >= 15 is 0 Å². The summed E-state index contributed by atoms with van der Waals surface area (Å²) in [4.78, 5) is 14.0. The number of hydrogen-bond donors (Lipinski definition) is 0. The molecule has 2 aromatic rings. The van der Waals surface area contributed by atoms with Gasteiger partial charge in [-0.05, 0) is 44.0 Å². The molecule has 7 nitrogen and oxygen atoms in total. The quantitative estimate of drug-likeness (QED) is 0.755. The fourth-order valence-corrected chi connectivity index (χ4v) is 5.22. The van der Waals surface area contributed by atoms with Gasteiger partial charge in [0.05, 0.1) is 4.90 Å². The van der Waals surface area contributed by atoms with Crippen molar-refractivity contribution < 1.29 is 8.42 Å². The molecular formula is C19H24ClN5O2S. The Morgan fingerprint density at radius 1 is 0.893 bits per heavy atom. The van der Waals surface area contributed by atoms with E-state index in [1.54, 1.807) is 24.3 Å². The minimum absolute atomic E-state index is 0.277. The molecule has 150 valence electrons. The molecule has 9 heteroatoms. The van der Waals surface area contributed by atoms with Crippen molar-refractivity contribution in [2.45, 2.75) is 24.7 Å². The summed E-state index contributed by atoms with van der Waals surface area (Å²) in [7, 11) is -3.51. The molecule has 0 saturated carbocycles. The Hall–Kier alpha value is -1.90. The summed E-state index contributed by atoms with van der Waals surface area (Å²) in [6, 6.07) is 8.30. The minimum atomic E-state index is -3.51. The van der Waals surface area contributed by atoms with Gasteiger partial charge in [0.2, 0.25) is 16.0 Å². The van der Waals surface area contributed by atoms with Crippen LogP contribution in [0.3, 0.4) is 0 Å². The molecule has 0 aliphatic carbocycles. The molecule has 2 saturated heterocycles. The number of halogens is 1. The third-order valence-corrected chi connectivity index (χ3v) is 7.40. The molecule has 0 spiro atoms. The van der Waals surface area contributed by atoms with Crippen LogP contribution in [0.15, 0.2) is 35.2 Å². The van der Waals surface area contributed by atoms with Gasteiger partial charge in [-0.2, -0.15) is 9.29 Å². The van der Waals surface area contributed by atoms with E-state index in [1.807, 2.05) is 13.0 Å². The van der Waals surface area contributed by atoms with Crippen molar-refractivity contribution in [2.75, 3.05) is 49.1 Å². The minimum Gasteiger partial charge on any atom is -0.354 e. The highest BCUT2D eigenvalue weighted by Gasteiger charge is 2.29. The smallest absolute Gasteiger partial charge is 0.243 e. The molecule has 0 atom stereocenters. The van der Waals surface area contributed by atoms with Crippen LogP contribution in [-0.4, -0.2) is 62.0 Å². The van der Waals surface area contributed by atoms with Gasteiger partial charge in [-0.3, -0.25) is 0 Å². The van der Waals surface area contributed by atoms with Crippen LogP contribution in [0.25, 0.3) is 0 Å². The molecule has 1 aromatic heterocycles. The van der Waals surface area contributed by atoms with E-state index in [9.17, 15) is 8.42 Å². The number of piperazine rings is 1. The van der Waals surface area contributed by atoms with E-state index in [0.29, 0.717) is 31.2 Å². The van der Waals surface area contributed by atoms with Crippen molar-refractivity contribution in [1.29, 1.82) is 0 Å². The number of benzene rings is 1. The monoisotopic (exact) mass is 421 g/mol.